The van der Waals surface area contributed by atoms with Crippen molar-refractivity contribution in [2.45, 2.75) is 40.7 Å². The summed E-state index contributed by atoms with van der Waals surface area (Å²) < 4.78 is 12.3. The van der Waals surface area contributed by atoms with Gasteiger partial charge >= 0.3 is 0 Å². The second-order valence-corrected chi connectivity index (χ2v) is 6.81. The second-order valence-electron chi connectivity index (χ2n) is 5.96. The summed E-state index contributed by atoms with van der Waals surface area (Å²) in [7, 11) is 1.68. The number of nitrogens with one attached hydrogen (secondary N) is 1. The number of halogens is 1. The number of hydrogen-bond donors (Lipinski definition) is 1. The van der Waals surface area contributed by atoms with Gasteiger partial charge in [0.25, 0.3) is 0 Å². The van der Waals surface area contributed by atoms with Crippen LogP contribution in [0.2, 0.25) is 0 Å². The van der Waals surface area contributed by atoms with E-state index in [2.05, 4.69) is 55.0 Å². The molecule has 0 aliphatic carbocycles. The maximum absolute atomic E-state index is 5.92. The van der Waals surface area contributed by atoms with Crippen LogP contribution in [0.25, 0.3) is 0 Å². The highest BCUT2D eigenvalue weighted by molar-refractivity contribution is 9.10. The monoisotopic (exact) mass is 357 g/mol. The number of methoxy groups -OCH3 is 1. The molecule has 1 unspecified atom stereocenters. The molecule has 1 atom stereocenters. The summed E-state index contributed by atoms with van der Waals surface area (Å²) in [6.45, 7) is 11.3. The fraction of sp³-hybridized carbons (Fsp3) is 0.647. The molecule has 0 saturated heterocycles. The first-order chi connectivity index (χ1) is 9.97. The molecule has 1 aromatic rings. The molecule has 120 valence electrons. The minimum Gasteiger partial charge on any atom is -0.493 e. The van der Waals surface area contributed by atoms with E-state index in [4.69, 9.17) is 9.47 Å². The summed E-state index contributed by atoms with van der Waals surface area (Å²) in [5, 5.41) is 3.44. The van der Waals surface area contributed by atoms with Gasteiger partial charge in [0.15, 0.2) is 11.5 Å². The van der Waals surface area contributed by atoms with Gasteiger partial charge < -0.3 is 14.8 Å². The third-order valence-electron chi connectivity index (χ3n) is 3.38. The van der Waals surface area contributed by atoms with Crippen molar-refractivity contribution in [2.24, 2.45) is 11.8 Å². The van der Waals surface area contributed by atoms with Gasteiger partial charge in [0.1, 0.15) is 0 Å². The van der Waals surface area contributed by atoms with Gasteiger partial charge in [-0.3, -0.25) is 0 Å². The van der Waals surface area contributed by atoms with Crippen LogP contribution in [-0.2, 0) is 6.54 Å². The highest BCUT2D eigenvalue weighted by Gasteiger charge is 2.13. The Balaban J connectivity index is 2.76. The van der Waals surface area contributed by atoms with Crippen molar-refractivity contribution in [1.82, 2.24) is 5.32 Å². The molecule has 1 aromatic carbocycles. The minimum absolute atomic E-state index is 0.536. The van der Waals surface area contributed by atoms with Crippen molar-refractivity contribution in [2.75, 3.05) is 20.3 Å². The van der Waals surface area contributed by atoms with Gasteiger partial charge in [-0.05, 0) is 52.0 Å². The molecule has 1 rings (SSSR count). The van der Waals surface area contributed by atoms with E-state index in [0.717, 1.165) is 35.5 Å². The molecule has 0 spiro atoms. The topological polar surface area (TPSA) is 30.5 Å². The second kappa shape index (κ2) is 9.31. The summed E-state index contributed by atoms with van der Waals surface area (Å²) in [6.07, 6.45) is 1.11. The van der Waals surface area contributed by atoms with Crippen LogP contribution in [0.1, 0.15) is 39.7 Å². The molecule has 0 saturated carbocycles. The van der Waals surface area contributed by atoms with Gasteiger partial charge in [-0.25, -0.2) is 0 Å². The van der Waals surface area contributed by atoms with Crippen LogP contribution in [-0.4, -0.2) is 20.3 Å². The van der Waals surface area contributed by atoms with Gasteiger partial charge in [0.05, 0.1) is 18.2 Å². The average molecular weight is 358 g/mol. The Labute approximate surface area is 137 Å². The zero-order valence-corrected chi connectivity index (χ0v) is 15.4. The molecule has 0 aromatic heterocycles. The molecule has 0 radical (unpaired) electrons. The number of rotatable bonds is 9. The summed E-state index contributed by atoms with van der Waals surface area (Å²) in [5.74, 6) is 2.77. The van der Waals surface area contributed by atoms with Gasteiger partial charge in [-0.1, -0.05) is 34.1 Å². The number of benzene rings is 1. The number of ether oxygens (including phenoxy) is 2. The Morgan fingerprint density at radius 3 is 2.52 bits per heavy atom. The van der Waals surface area contributed by atoms with Crippen molar-refractivity contribution in [1.29, 1.82) is 0 Å². The molecule has 1 N–H and O–H groups in total. The summed E-state index contributed by atoms with van der Waals surface area (Å²) in [4.78, 5) is 0. The van der Waals surface area contributed by atoms with Crippen molar-refractivity contribution in [3.63, 3.8) is 0 Å². The molecule has 0 bridgehead atoms. The molecule has 0 fully saturated rings. The van der Waals surface area contributed by atoms with E-state index in [1.54, 1.807) is 7.11 Å². The van der Waals surface area contributed by atoms with Crippen LogP contribution < -0.4 is 14.8 Å². The quantitative estimate of drug-likeness (QED) is 0.698. The molecular weight excluding hydrogens is 330 g/mol. The van der Waals surface area contributed by atoms with Crippen molar-refractivity contribution < 1.29 is 9.47 Å². The van der Waals surface area contributed by atoms with Crippen molar-refractivity contribution >= 4 is 15.9 Å². The highest BCUT2D eigenvalue weighted by Crippen LogP contribution is 2.37. The van der Waals surface area contributed by atoms with E-state index in [9.17, 15) is 0 Å². The Morgan fingerprint density at radius 1 is 1.24 bits per heavy atom. The third kappa shape index (κ3) is 6.27. The number of hydrogen-bond acceptors (Lipinski definition) is 3. The first-order valence-corrected chi connectivity index (χ1v) is 8.47. The van der Waals surface area contributed by atoms with Crippen LogP contribution in [0.3, 0.4) is 0 Å². The zero-order chi connectivity index (χ0) is 15.8. The molecule has 0 aliphatic rings. The van der Waals surface area contributed by atoms with Crippen molar-refractivity contribution in [3.05, 3.63) is 22.2 Å². The van der Waals surface area contributed by atoms with E-state index in [1.165, 1.54) is 5.56 Å². The normalized spacial score (nSPS) is 12.5. The lowest BCUT2D eigenvalue weighted by atomic mass is 10.1. The third-order valence-corrected chi connectivity index (χ3v) is 3.97. The van der Waals surface area contributed by atoms with E-state index in [0.29, 0.717) is 18.4 Å². The van der Waals surface area contributed by atoms with Crippen LogP contribution in [0, 0.1) is 11.8 Å². The Kier molecular flexibility index (Phi) is 8.12. The van der Waals surface area contributed by atoms with E-state index >= 15 is 0 Å². The summed E-state index contributed by atoms with van der Waals surface area (Å²) >= 11 is 3.60. The van der Waals surface area contributed by atoms with Crippen LogP contribution in [0.15, 0.2) is 16.6 Å². The lowest BCUT2D eigenvalue weighted by Gasteiger charge is -2.17. The SMILES string of the molecule is CCC(C)COc1c(Br)cc(CNCC(C)C)cc1OC. The Morgan fingerprint density at radius 2 is 1.95 bits per heavy atom. The molecule has 21 heavy (non-hydrogen) atoms. The van der Waals surface area contributed by atoms with E-state index in [-0.39, 0.29) is 0 Å². The fourth-order valence-electron chi connectivity index (χ4n) is 1.86. The predicted octanol–water partition coefficient (Wildman–Crippen LogP) is 4.63. The van der Waals surface area contributed by atoms with Gasteiger partial charge in [-0.2, -0.15) is 0 Å². The lowest BCUT2D eigenvalue weighted by Crippen LogP contribution is -2.19. The lowest BCUT2D eigenvalue weighted by molar-refractivity contribution is 0.243. The molecule has 0 aliphatic heterocycles. The maximum Gasteiger partial charge on any atom is 0.175 e. The van der Waals surface area contributed by atoms with E-state index in [1.807, 2.05) is 6.07 Å². The van der Waals surface area contributed by atoms with Gasteiger partial charge in [-0.15, -0.1) is 0 Å². The summed E-state index contributed by atoms with van der Waals surface area (Å²) in [6, 6.07) is 4.14. The fourth-order valence-corrected chi connectivity index (χ4v) is 2.47. The molecule has 3 nitrogen and oxygen atoms in total. The smallest absolute Gasteiger partial charge is 0.175 e. The van der Waals surface area contributed by atoms with Crippen LogP contribution in [0.5, 0.6) is 11.5 Å². The predicted molar refractivity (Wildman–Crippen MR) is 92.2 cm³/mol. The van der Waals surface area contributed by atoms with Crippen LogP contribution >= 0.6 is 15.9 Å². The Bertz CT molecular complexity index is 435. The maximum atomic E-state index is 5.92. The molecule has 0 heterocycles. The van der Waals surface area contributed by atoms with Crippen molar-refractivity contribution in [3.8, 4) is 11.5 Å². The Hall–Kier alpha value is -0.740. The zero-order valence-electron chi connectivity index (χ0n) is 13.8. The largest absolute Gasteiger partial charge is 0.493 e. The van der Waals surface area contributed by atoms with E-state index < -0.39 is 0 Å². The minimum atomic E-state index is 0.536. The molecule has 4 heteroatoms. The van der Waals surface area contributed by atoms with Crippen LogP contribution in [0.4, 0.5) is 0 Å². The standard InChI is InChI=1S/C17H28BrNO2/c1-6-13(4)11-21-17-15(18)7-14(8-16(17)20-5)10-19-9-12(2)3/h7-8,12-13,19H,6,9-11H2,1-5H3. The van der Waals surface area contributed by atoms with Gasteiger partial charge in [0.2, 0.25) is 0 Å². The highest BCUT2D eigenvalue weighted by atomic mass is 79.9. The molecular formula is C17H28BrNO2. The molecule has 0 amide bonds. The first-order valence-electron chi connectivity index (χ1n) is 7.67. The van der Waals surface area contributed by atoms with Gasteiger partial charge in [0, 0.05) is 6.54 Å². The summed E-state index contributed by atoms with van der Waals surface area (Å²) in [5.41, 5.74) is 1.19. The average Bonchev–Trinajstić information content (AvgIpc) is 2.44. The first kappa shape index (κ1) is 18.3.